The second-order valence-electron chi connectivity index (χ2n) is 8.13. The zero-order chi connectivity index (χ0) is 18.6. The minimum atomic E-state index is -1.15. The van der Waals surface area contributed by atoms with Gasteiger partial charge in [-0.05, 0) is 32.6 Å². The molecule has 2 aliphatic carbocycles. The highest BCUT2D eigenvalue weighted by molar-refractivity contribution is 5.79. The predicted octanol–water partition coefficient (Wildman–Crippen LogP) is 1.39. The van der Waals surface area contributed by atoms with Crippen LogP contribution in [0.15, 0.2) is 0 Å². The Labute approximate surface area is 147 Å². The standard InChI is InChI=1S/C18H25NO6/c1-5-17(3,4)15(21)23-7-11(20)24-13-10-6-18(8-19)12(9(10)2)14(13)25-16(18)22/h9-10,12-14,16,22H,5-7H2,1-4H3. The van der Waals surface area contributed by atoms with E-state index in [0.717, 1.165) is 0 Å². The van der Waals surface area contributed by atoms with E-state index in [9.17, 15) is 20.0 Å². The fourth-order valence-electron chi connectivity index (χ4n) is 4.58. The van der Waals surface area contributed by atoms with Gasteiger partial charge in [-0.2, -0.15) is 5.26 Å². The average molecular weight is 351 g/mol. The summed E-state index contributed by atoms with van der Waals surface area (Å²) < 4.78 is 16.1. The molecule has 3 aliphatic rings. The van der Waals surface area contributed by atoms with E-state index < -0.39 is 47.9 Å². The molecule has 2 saturated carbocycles. The minimum Gasteiger partial charge on any atom is -0.457 e. The van der Waals surface area contributed by atoms with Gasteiger partial charge in [0.05, 0.1) is 11.5 Å². The molecule has 25 heavy (non-hydrogen) atoms. The molecule has 3 rings (SSSR count). The molecule has 7 heteroatoms. The van der Waals surface area contributed by atoms with E-state index in [2.05, 4.69) is 6.07 Å². The second kappa shape index (κ2) is 5.96. The summed E-state index contributed by atoms with van der Waals surface area (Å²) in [4.78, 5) is 24.1. The van der Waals surface area contributed by atoms with Crippen molar-refractivity contribution < 1.29 is 28.9 Å². The summed E-state index contributed by atoms with van der Waals surface area (Å²) in [6.07, 6.45) is -1.08. The molecular weight excluding hydrogens is 326 g/mol. The Morgan fingerprint density at radius 2 is 2.12 bits per heavy atom. The van der Waals surface area contributed by atoms with Crippen LogP contribution < -0.4 is 0 Å². The molecule has 0 radical (unpaired) electrons. The van der Waals surface area contributed by atoms with Crippen molar-refractivity contribution in [3.05, 3.63) is 0 Å². The minimum absolute atomic E-state index is 0.0291. The van der Waals surface area contributed by atoms with Gasteiger partial charge in [-0.3, -0.25) is 4.79 Å². The number of carbonyl (C=O) groups is 2. The molecule has 0 spiro atoms. The monoisotopic (exact) mass is 351 g/mol. The van der Waals surface area contributed by atoms with E-state index in [-0.39, 0.29) is 17.8 Å². The van der Waals surface area contributed by atoms with Crippen molar-refractivity contribution in [2.45, 2.75) is 59.0 Å². The van der Waals surface area contributed by atoms with Gasteiger partial charge in [0.2, 0.25) is 0 Å². The first kappa shape index (κ1) is 18.2. The van der Waals surface area contributed by atoms with Gasteiger partial charge in [-0.15, -0.1) is 0 Å². The van der Waals surface area contributed by atoms with E-state index in [1.54, 1.807) is 13.8 Å². The SMILES string of the molecule is CCC(C)(C)C(=O)OCC(=O)OC1C2CC3(C#N)C(O)OC1C3C2C. The molecule has 3 fully saturated rings. The number of nitrogens with zero attached hydrogens (tertiary/aromatic N) is 1. The highest BCUT2D eigenvalue weighted by atomic mass is 16.6. The molecule has 2 bridgehead atoms. The summed E-state index contributed by atoms with van der Waals surface area (Å²) in [7, 11) is 0. The van der Waals surface area contributed by atoms with Crippen molar-refractivity contribution in [3.8, 4) is 6.07 Å². The number of esters is 2. The van der Waals surface area contributed by atoms with Crippen molar-refractivity contribution in [1.29, 1.82) is 5.26 Å². The van der Waals surface area contributed by atoms with Gasteiger partial charge in [-0.1, -0.05) is 13.8 Å². The van der Waals surface area contributed by atoms with Crippen molar-refractivity contribution in [2.75, 3.05) is 6.61 Å². The summed E-state index contributed by atoms with van der Waals surface area (Å²) >= 11 is 0. The van der Waals surface area contributed by atoms with Crippen LogP contribution in [0.3, 0.4) is 0 Å². The Hall–Kier alpha value is -1.65. The summed E-state index contributed by atoms with van der Waals surface area (Å²) in [6.45, 7) is 6.95. The Morgan fingerprint density at radius 3 is 2.72 bits per heavy atom. The van der Waals surface area contributed by atoms with Crippen LogP contribution in [0.25, 0.3) is 0 Å². The summed E-state index contributed by atoms with van der Waals surface area (Å²) in [5, 5.41) is 19.7. The Balaban J connectivity index is 1.61. The first-order valence-corrected chi connectivity index (χ1v) is 8.79. The molecule has 7 atom stereocenters. The molecule has 0 aromatic rings. The van der Waals surface area contributed by atoms with Gasteiger partial charge < -0.3 is 19.3 Å². The maximum atomic E-state index is 12.1. The molecular formula is C18H25NO6. The number of fused-ring (bicyclic) bond motifs is 1. The number of aliphatic hydroxyl groups is 1. The zero-order valence-corrected chi connectivity index (χ0v) is 15.0. The van der Waals surface area contributed by atoms with Crippen LogP contribution in [-0.4, -0.2) is 42.1 Å². The highest BCUT2D eigenvalue weighted by Crippen LogP contribution is 2.66. The molecule has 7 nitrogen and oxygen atoms in total. The van der Waals surface area contributed by atoms with Gasteiger partial charge in [0.1, 0.15) is 17.6 Å². The molecule has 138 valence electrons. The largest absolute Gasteiger partial charge is 0.457 e. The second-order valence-corrected chi connectivity index (χ2v) is 8.13. The van der Waals surface area contributed by atoms with Crippen LogP contribution >= 0.6 is 0 Å². The average Bonchev–Trinajstić information content (AvgIpc) is 3.09. The summed E-state index contributed by atoms with van der Waals surface area (Å²) in [5.41, 5.74) is -1.54. The van der Waals surface area contributed by atoms with E-state index in [1.807, 2.05) is 13.8 Å². The number of hydrogen-bond acceptors (Lipinski definition) is 7. The topological polar surface area (TPSA) is 106 Å². The van der Waals surface area contributed by atoms with Crippen molar-refractivity contribution in [3.63, 3.8) is 0 Å². The first-order chi connectivity index (χ1) is 11.7. The smallest absolute Gasteiger partial charge is 0.344 e. The molecule has 1 heterocycles. The third kappa shape index (κ3) is 2.54. The van der Waals surface area contributed by atoms with E-state index >= 15 is 0 Å². The number of ether oxygens (including phenoxy) is 3. The highest BCUT2D eigenvalue weighted by Gasteiger charge is 2.73. The van der Waals surface area contributed by atoms with Crippen LogP contribution in [0.2, 0.25) is 0 Å². The fourth-order valence-corrected chi connectivity index (χ4v) is 4.58. The lowest BCUT2D eigenvalue weighted by molar-refractivity contribution is -0.176. The van der Waals surface area contributed by atoms with Crippen molar-refractivity contribution in [1.82, 2.24) is 0 Å². The van der Waals surface area contributed by atoms with E-state index in [1.165, 1.54) is 0 Å². The maximum absolute atomic E-state index is 12.1. The number of carbonyl (C=O) groups excluding carboxylic acids is 2. The third-order valence-corrected chi connectivity index (χ3v) is 6.47. The van der Waals surface area contributed by atoms with Gasteiger partial charge in [0, 0.05) is 11.8 Å². The predicted molar refractivity (Wildman–Crippen MR) is 84.6 cm³/mol. The van der Waals surface area contributed by atoms with Crippen LogP contribution in [0.5, 0.6) is 0 Å². The lowest BCUT2D eigenvalue weighted by Gasteiger charge is -2.29. The molecule has 1 saturated heterocycles. The molecule has 0 aromatic carbocycles. The van der Waals surface area contributed by atoms with Crippen LogP contribution in [0.4, 0.5) is 0 Å². The maximum Gasteiger partial charge on any atom is 0.344 e. The molecule has 1 aliphatic heterocycles. The number of nitriles is 1. The summed E-state index contributed by atoms with van der Waals surface area (Å²) in [5.74, 6) is -1.11. The van der Waals surface area contributed by atoms with Gasteiger partial charge >= 0.3 is 11.9 Å². The van der Waals surface area contributed by atoms with E-state index in [4.69, 9.17) is 14.2 Å². The van der Waals surface area contributed by atoms with Gasteiger partial charge in [0.25, 0.3) is 0 Å². The number of aliphatic hydroxyl groups excluding tert-OH is 1. The molecule has 1 N–H and O–H groups in total. The van der Waals surface area contributed by atoms with Crippen LogP contribution in [0.1, 0.15) is 40.5 Å². The fraction of sp³-hybridized carbons (Fsp3) is 0.833. The molecule has 0 aromatic heterocycles. The van der Waals surface area contributed by atoms with Crippen LogP contribution in [-0.2, 0) is 23.8 Å². The normalized spacial score (nSPS) is 41.4. The number of rotatable bonds is 5. The van der Waals surface area contributed by atoms with Crippen molar-refractivity contribution >= 4 is 11.9 Å². The van der Waals surface area contributed by atoms with E-state index in [0.29, 0.717) is 12.8 Å². The van der Waals surface area contributed by atoms with Gasteiger partial charge in [-0.25, -0.2) is 4.79 Å². The lowest BCUT2D eigenvalue weighted by Crippen LogP contribution is -2.41. The summed E-state index contributed by atoms with van der Waals surface area (Å²) in [6, 6.07) is 2.23. The number of hydrogen-bond donors (Lipinski definition) is 1. The third-order valence-electron chi connectivity index (χ3n) is 6.47. The quantitative estimate of drug-likeness (QED) is 0.746. The Kier molecular flexibility index (Phi) is 4.33. The molecule has 7 unspecified atom stereocenters. The lowest BCUT2D eigenvalue weighted by atomic mass is 9.73. The zero-order valence-electron chi connectivity index (χ0n) is 15.0. The first-order valence-electron chi connectivity index (χ1n) is 8.79. The van der Waals surface area contributed by atoms with Crippen molar-refractivity contribution in [2.24, 2.45) is 28.6 Å². The Morgan fingerprint density at radius 1 is 1.44 bits per heavy atom. The Bertz CT molecular complexity index is 626. The van der Waals surface area contributed by atoms with Crippen LogP contribution in [0, 0.1) is 39.9 Å². The van der Waals surface area contributed by atoms with Gasteiger partial charge in [0.15, 0.2) is 12.9 Å². The molecule has 0 amide bonds.